The van der Waals surface area contributed by atoms with E-state index in [4.69, 9.17) is 16.0 Å². The lowest BCUT2D eigenvalue weighted by molar-refractivity contribution is 0.0721. The van der Waals surface area contributed by atoms with Gasteiger partial charge in [0.1, 0.15) is 5.58 Å². The molecule has 158 valence electrons. The van der Waals surface area contributed by atoms with Crippen molar-refractivity contribution in [3.05, 3.63) is 63.9 Å². The van der Waals surface area contributed by atoms with Crippen molar-refractivity contribution in [1.82, 2.24) is 10.2 Å². The van der Waals surface area contributed by atoms with E-state index >= 15 is 0 Å². The van der Waals surface area contributed by atoms with E-state index in [1.165, 1.54) is 11.1 Å². The predicted molar refractivity (Wildman–Crippen MR) is 118 cm³/mol. The maximum Gasteiger partial charge on any atom is 0.319 e. The van der Waals surface area contributed by atoms with E-state index in [1.807, 2.05) is 12.1 Å². The van der Waals surface area contributed by atoms with Crippen LogP contribution in [0, 0.1) is 0 Å². The summed E-state index contributed by atoms with van der Waals surface area (Å²) in [4.78, 5) is 27.5. The number of hydrogen-bond donors (Lipinski definition) is 2. The van der Waals surface area contributed by atoms with Crippen molar-refractivity contribution in [2.24, 2.45) is 0 Å². The number of rotatable bonds is 1. The first-order valence-corrected chi connectivity index (χ1v) is 11.1. The van der Waals surface area contributed by atoms with Crippen molar-refractivity contribution in [2.45, 2.75) is 50.7 Å². The number of hydrogen-bond acceptors (Lipinski definition) is 3. The Labute approximate surface area is 184 Å². The van der Waals surface area contributed by atoms with Crippen molar-refractivity contribution in [2.75, 3.05) is 5.32 Å². The molecule has 3 aromatic rings. The summed E-state index contributed by atoms with van der Waals surface area (Å²) in [7, 11) is 0. The first-order chi connectivity index (χ1) is 15.0. The molecule has 1 fully saturated rings. The standard InChI is InChI=1S/C24H22ClN3O3/c25-17-10-16-11-18(22(29)28-12-14-6-2-3-7-15(14)13-28)31-21(16)19-20(17)26-23(30)27-24(19)8-4-1-5-9-24/h2-3,6-7,10-11H,1,4-5,8-9,12-13H2,(H2,26,27,30). The Hall–Kier alpha value is -2.99. The second-order valence-corrected chi connectivity index (χ2v) is 9.20. The summed E-state index contributed by atoms with van der Waals surface area (Å²) in [5, 5.41) is 7.26. The first-order valence-electron chi connectivity index (χ1n) is 10.8. The molecule has 0 radical (unpaired) electrons. The largest absolute Gasteiger partial charge is 0.450 e. The van der Waals surface area contributed by atoms with E-state index in [0.29, 0.717) is 35.1 Å². The smallest absolute Gasteiger partial charge is 0.319 e. The molecular formula is C24H22ClN3O3. The van der Waals surface area contributed by atoms with Crippen LogP contribution < -0.4 is 10.6 Å². The van der Waals surface area contributed by atoms with Gasteiger partial charge < -0.3 is 20.0 Å². The molecule has 1 aromatic heterocycles. The molecule has 2 N–H and O–H groups in total. The van der Waals surface area contributed by atoms with Gasteiger partial charge in [-0.3, -0.25) is 4.79 Å². The lowest BCUT2D eigenvalue weighted by atomic mass is 9.74. The van der Waals surface area contributed by atoms with Crippen LogP contribution in [0.15, 0.2) is 40.8 Å². The molecule has 6 rings (SSSR count). The minimum atomic E-state index is -0.513. The molecule has 1 aliphatic carbocycles. The van der Waals surface area contributed by atoms with Crippen LogP contribution in [-0.2, 0) is 18.6 Å². The molecule has 2 aromatic carbocycles. The second-order valence-electron chi connectivity index (χ2n) is 8.79. The third-order valence-corrected chi connectivity index (χ3v) is 7.17. The molecule has 6 nitrogen and oxygen atoms in total. The summed E-state index contributed by atoms with van der Waals surface area (Å²) in [5.41, 5.74) is 3.93. The van der Waals surface area contributed by atoms with Gasteiger partial charge in [0, 0.05) is 24.0 Å². The maximum absolute atomic E-state index is 13.3. The van der Waals surface area contributed by atoms with E-state index in [0.717, 1.165) is 43.1 Å². The van der Waals surface area contributed by atoms with Crippen LogP contribution >= 0.6 is 11.6 Å². The van der Waals surface area contributed by atoms with Gasteiger partial charge in [-0.15, -0.1) is 0 Å². The van der Waals surface area contributed by atoms with Crippen molar-refractivity contribution in [1.29, 1.82) is 0 Å². The molecule has 3 heterocycles. The summed E-state index contributed by atoms with van der Waals surface area (Å²) >= 11 is 6.59. The van der Waals surface area contributed by atoms with Gasteiger partial charge in [-0.25, -0.2) is 4.79 Å². The number of halogens is 1. The molecule has 2 aliphatic heterocycles. The summed E-state index contributed by atoms with van der Waals surface area (Å²) < 4.78 is 6.22. The molecule has 0 unspecified atom stereocenters. The highest BCUT2D eigenvalue weighted by molar-refractivity contribution is 6.35. The Morgan fingerprint density at radius 1 is 1.06 bits per heavy atom. The van der Waals surface area contributed by atoms with Crippen LogP contribution in [0.4, 0.5) is 10.5 Å². The Kier molecular flexibility index (Phi) is 4.09. The average molecular weight is 436 g/mol. The third kappa shape index (κ3) is 2.85. The third-order valence-electron chi connectivity index (χ3n) is 6.87. The first kappa shape index (κ1) is 18.8. The predicted octanol–water partition coefficient (Wildman–Crippen LogP) is 5.54. The molecule has 31 heavy (non-hydrogen) atoms. The van der Waals surface area contributed by atoms with Crippen molar-refractivity contribution < 1.29 is 14.0 Å². The van der Waals surface area contributed by atoms with Crippen molar-refractivity contribution >= 4 is 40.2 Å². The van der Waals surface area contributed by atoms with Crippen LogP contribution in [0.25, 0.3) is 11.0 Å². The zero-order chi connectivity index (χ0) is 21.2. The molecule has 0 atom stereocenters. The highest BCUT2D eigenvalue weighted by Gasteiger charge is 2.44. The lowest BCUT2D eigenvalue weighted by Gasteiger charge is -2.42. The van der Waals surface area contributed by atoms with Gasteiger partial charge in [0.2, 0.25) is 0 Å². The van der Waals surface area contributed by atoms with E-state index in [1.54, 1.807) is 17.0 Å². The number of fused-ring (bicyclic) bond motifs is 5. The Morgan fingerprint density at radius 2 is 1.77 bits per heavy atom. The Bertz CT molecular complexity index is 1220. The van der Waals surface area contributed by atoms with Gasteiger partial charge in [0.05, 0.1) is 16.2 Å². The minimum absolute atomic E-state index is 0.136. The fourth-order valence-electron chi connectivity index (χ4n) is 5.42. The monoisotopic (exact) mass is 435 g/mol. The van der Waals surface area contributed by atoms with E-state index in [9.17, 15) is 9.59 Å². The number of anilines is 1. The summed E-state index contributed by atoms with van der Waals surface area (Å²) in [6.07, 6.45) is 4.84. The van der Waals surface area contributed by atoms with Gasteiger partial charge >= 0.3 is 6.03 Å². The zero-order valence-corrected chi connectivity index (χ0v) is 17.7. The number of benzene rings is 2. The fourth-order valence-corrected chi connectivity index (χ4v) is 5.68. The van der Waals surface area contributed by atoms with Gasteiger partial charge in [0.25, 0.3) is 5.91 Å². The molecule has 0 saturated heterocycles. The van der Waals surface area contributed by atoms with Gasteiger partial charge in [-0.2, -0.15) is 0 Å². The SMILES string of the molecule is O=C1Nc2c(Cl)cc3cc(C(=O)N4Cc5ccccc5C4)oc3c2C2(CCCCC2)N1. The molecule has 3 aliphatic rings. The maximum atomic E-state index is 13.3. The summed E-state index contributed by atoms with van der Waals surface area (Å²) in [6.45, 7) is 1.15. The van der Waals surface area contributed by atoms with Gasteiger partial charge in [-0.05, 0) is 36.1 Å². The number of amides is 3. The van der Waals surface area contributed by atoms with Crippen LogP contribution in [0.3, 0.4) is 0 Å². The highest BCUT2D eigenvalue weighted by atomic mass is 35.5. The van der Waals surface area contributed by atoms with E-state index < -0.39 is 5.54 Å². The van der Waals surface area contributed by atoms with Crippen LogP contribution in [0.2, 0.25) is 5.02 Å². The molecule has 1 saturated carbocycles. The molecule has 0 bridgehead atoms. The second kappa shape index (κ2) is 6.76. The molecule has 7 heteroatoms. The topological polar surface area (TPSA) is 74.6 Å². The molecular weight excluding hydrogens is 414 g/mol. The van der Waals surface area contributed by atoms with Crippen LogP contribution in [0.1, 0.15) is 59.3 Å². The lowest BCUT2D eigenvalue weighted by Crippen LogP contribution is -2.52. The van der Waals surface area contributed by atoms with Crippen LogP contribution in [-0.4, -0.2) is 16.8 Å². The summed E-state index contributed by atoms with van der Waals surface area (Å²) in [5.74, 6) is 0.165. The van der Waals surface area contributed by atoms with Crippen LogP contribution in [0.5, 0.6) is 0 Å². The quantitative estimate of drug-likeness (QED) is 0.527. The number of furan rings is 1. The van der Waals surface area contributed by atoms with Crippen molar-refractivity contribution in [3.8, 4) is 0 Å². The number of carbonyl (C=O) groups excluding carboxylic acids is 2. The van der Waals surface area contributed by atoms with E-state index in [-0.39, 0.29) is 11.9 Å². The number of nitrogens with zero attached hydrogens (tertiary/aromatic N) is 1. The molecule has 3 amide bonds. The van der Waals surface area contributed by atoms with Gasteiger partial charge in [-0.1, -0.05) is 55.1 Å². The average Bonchev–Trinajstić information content (AvgIpc) is 3.38. The number of urea groups is 1. The highest BCUT2D eigenvalue weighted by Crippen LogP contribution is 2.49. The van der Waals surface area contributed by atoms with Crippen molar-refractivity contribution in [3.63, 3.8) is 0 Å². The van der Waals surface area contributed by atoms with Gasteiger partial charge in [0.15, 0.2) is 5.76 Å². The summed E-state index contributed by atoms with van der Waals surface area (Å²) in [6, 6.07) is 11.4. The minimum Gasteiger partial charge on any atom is -0.450 e. The number of carbonyl (C=O) groups is 2. The fraction of sp³-hybridized carbons (Fsp3) is 0.333. The zero-order valence-electron chi connectivity index (χ0n) is 17.0. The Balaban J connectivity index is 1.45. The molecule has 1 spiro atoms. The number of nitrogens with one attached hydrogen (secondary N) is 2. The van der Waals surface area contributed by atoms with E-state index in [2.05, 4.69) is 22.8 Å². The normalized spacial score (nSPS) is 19.1. The Morgan fingerprint density at radius 3 is 2.48 bits per heavy atom.